The van der Waals surface area contributed by atoms with Gasteiger partial charge in [0.1, 0.15) is 4.21 Å². The average Bonchev–Trinajstić information content (AvgIpc) is 3.04. The molecule has 0 saturated heterocycles. The van der Waals surface area contributed by atoms with Crippen LogP contribution >= 0.6 is 11.3 Å². The van der Waals surface area contributed by atoms with E-state index in [1.54, 1.807) is 13.2 Å². The van der Waals surface area contributed by atoms with Crippen LogP contribution in [0.5, 0.6) is 0 Å². The van der Waals surface area contributed by atoms with Crippen molar-refractivity contribution in [3.8, 4) is 0 Å². The molecule has 2 unspecified atom stereocenters. The summed E-state index contributed by atoms with van der Waals surface area (Å²) in [5.41, 5.74) is 1.01. The van der Waals surface area contributed by atoms with Crippen molar-refractivity contribution in [3.63, 3.8) is 0 Å². The van der Waals surface area contributed by atoms with Gasteiger partial charge < -0.3 is 10.1 Å². The van der Waals surface area contributed by atoms with Gasteiger partial charge in [0, 0.05) is 19.7 Å². The van der Waals surface area contributed by atoms with Crippen molar-refractivity contribution in [2.24, 2.45) is 0 Å². The van der Waals surface area contributed by atoms with Gasteiger partial charge in [-0.05, 0) is 42.8 Å². The fourth-order valence-electron chi connectivity index (χ4n) is 2.39. The highest BCUT2D eigenvalue weighted by Gasteiger charge is 2.29. The Kier molecular flexibility index (Phi) is 5.57. The van der Waals surface area contributed by atoms with Gasteiger partial charge in [-0.1, -0.05) is 6.92 Å². The summed E-state index contributed by atoms with van der Waals surface area (Å²) < 4.78 is 33.1. The molecule has 5 nitrogen and oxygen atoms in total. The van der Waals surface area contributed by atoms with Crippen LogP contribution in [0, 0.1) is 0 Å². The summed E-state index contributed by atoms with van der Waals surface area (Å²) in [7, 11) is -1.72. The monoisotopic (exact) mass is 318 g/mol. The second-order valence-corrected chi connectivity index (χ2v) is 7.90. The van der Waals surface area contributed by atoms with Gasteiger partial charge in [0.05, 0.1) is 6.10 Å². The maximum absolute atomic E-state index is 12.3. The summed E-state index contributed by atoms with van der Waals surface area (Å²) >= 11 is 1.28. The highest BCUT2D eigenvalue weighted by molar-refractivity contribution is 7.91. The molecule has 2 atom stereocenters. The second-order valence-electron chi connectivity index (χ2n) is 5.04. The molecule has 1 fully saturated rings. The third-order valence-electron chi connectivity index (χ3n) is 3.51. The molecule has 1 aliphatic rings. The minimum absolute atomic E-state index is 0.00994. The average molecular weight is 318 g/mol. The molecular formula is C13H22N2O3S2. The molecule has 1 aromatic rings. The van der Waals surface area contributed by atoms with Crippen molar-refractivity contribution in [1.82, 2.24) is 10.0 Å². The molecule has 0 radical (unpaired) electrons. The first-order chi connectivity index (χ1) is 9.55. The second kappa shape index (κ2) is 7.00. The van der Waals surface area contributed by atoms with E-state index >= 15 is 0 Å². The quantitative estimate of drug-likeness (QED) is 0.803. The van der Waals surface area contributed by atoms with E-state index < -0.39 is 10.0 Å². The molecule has 0 aromatic carbocycles. The van der Waals surface area contributed by atoms with Gasteiger partial charge in [0.25, 0.3) is 0 Å². The van der Waals surface area contributed by atoms with Gasteiger partial charge in [-0.3, -0.25) is 0 Å². The minimum atomic E-state index is -3.39. The number of rotatable bonds is 7. The zero-order valence-corrected chi connectivity index (χ0v) is 13.5. The van der Waals surface area contributed by atoms with E-state index in [1.807, 2.05) is 12.3 Å². The molecule has 0 spiro atoms. The van der Waals surface area contributed by atoms with Crippen LogP contribution in [0.25, 0.3) is 0 Å². The fourth-order valence-corrected chi connectivity index (χ4v) is 4.90. The van der Waals surface area contributed by atoms with Gasteiger partial charge in [0.2, 0.25) is 10.0 Å². The van der Waals surface area contributed by atoms with E-state index in [4.69, 9.17) is 4.74 Å². The van der Waals surface area contributed by atoms with E-state index in [0.29, 0.717) is 10.8 Å². The molecule has 114 valence electrons. The maximum Gasteiger partial charge on any atom is 0.250 e. The SMILES string of the molecule is CCNCc1csc(S(=O)(=O)NC2CCC(OC)C2)c1. The molecule has 1 aliphatic carbocycles. The molecule has 7 heteroatoms. The van der Waals surface area contributed by atoms with Gasteiger partial charge >= 0.3 is 0 Å². The molecule has 2 rings (SSSR count). The van der Waals surface area contributed by atoms with Crippen molar-refractivity contribution in [2.45, 2.75) is 49.1 Å². The van der Waals surface area contributed by atoms with Crippen LogP contribution in [0.15, 0.2) is 15.7 Å². The molecule has 0 aliphatic heterocycles. The Morgan fingerprint density at radius 2 is 2.25 bits per heavy atom. The van der Waals surface area contributed by atoms with Crippen molar-refractivity contribution < 1.29 is 13.2 Å². The summed E-state index contributed by atoms with van der Waals surface area (Å²) in [6.07, 6.45) is 2.69. The van der Waals surface area contributed by atoms with Gasteiger partial charge in [-0.15, -0.1) is 11.3 Å². The highest BCUT2D eigenvalue weighted by atomic mass is 32.2. The van der Waals surface area contributed by atoms with Gasteiger partial charge in [-0.25, -0.2) is 13.1 Å². The Morgan fingerprint density at radius 3 is 2.90 bits per heavy atom. The summed E-state index contributed by atoms with van der Waals surface area (Å²) in [6, 6.07) is 1.74. The topological polar surface area (TPSA) is 67.4 Å². The number of ether oxygens (including phenoxy) is 1. The van der Waals surface area contributed by atoms with Crippen LogP contribution in [-0.4, -0.2) is 34.2 Å². The lowest BCUT2D eigenvalue weighted by atomic mass is 10.3. The van der Waals surface area contributed by atoms with Crippen LogP contribution in [0.1, 0.15) is 31.7 Å². The Labute approximate surface area is 124 Å². The summed E-state index contributed by atoms with van der Waals surface area (Å²) in [5.74, 6) is 0. The lowest BCUT2D eigenvalue weighted by Crippen LogP contribution is -2.33. The zero-order valence-electron chi connectivity index (χ0n) is 11.9. The van der Waals surface area contributed by atoms with E-state index in [9.17, 15) is 8.42 Å². The fraction of sp³-hybridized carbons (Fsp3) is 0.692. The smallest absolute Gasteiger partial charge is 0.250 e. The molecular weight excluding hydrogens is 296 g/mol. The Bertz CT molecular complexity index is 527. The number of hydrogen-bond donors (Lipinski definition) is 2. The third-order valence-corrected chi connectivity index (χ3v) is 6.52. The Morgan fingerprint density at radius 1 is 1.45 bits per heavy atom. The van der Waals surface area contributed by atoms with Crippen molar-refractivity contribution in [2.75, 3.05) is 13.7 Å². The number of methoxy groups -OCH3 is 1. The molecule has 0 bridgehead atoms. The predicted molar refractivity (Wildman–Crippen MR) is 80.5 cm³/mol. The van der Waals surface area contributed by atoms with E-state index in [1.165, 1.54) is 11.3 Å². The van der Waals surface area contributed by atoms with Crippen molar-refractivity contribution in [1.29, 1.82) is 0 Å². The predicted octanol–water partition coefficient (Wildman–Crippen LogP) is 1.70. The van der Waals surface area contributed by atoms with Crippen LogP contribution in [0.2, 0.25) is 0 Å². The van der Waals surface area contributed by atoms with Gasteiger partial charge in [-0.2, -0.15) is 0 Å². The van der Waals surface area contributed by atoms with Crippen LogP contribution < -0.4 is 10.0 Å². The number of hydrogen-bond acceptors (Lipinski definition) is 5. The molecule has 1 saturated carbocycles. The van der Waals surface area contributed by atoms with Crippen LogP contribution in [-0.2, 0) is 21.3 Å². The van der Waals surface area contributed by atoms with E-state index in [0.717, 1.165) is 31.4 Å². The number of sulfonamides is 1. The standard InChI is InChI=1S/C13H22N2O3S2/c1-3-14-8-10-6-13(19-9-10)20(16,17)15-11-4-5-12(7-11)18-2/h6,9,11-12,14-15H,3-5,7-8H2,1-2H3. The zero-order chi connectivity index (χ0) is 14.6. The summed E-state index contributed by atoms with van der Waals surface area (Å²) in [4.78, 5) is 0. The van der Waals surface area contributed by atoms with Crippen molar-refractivity contribution in [3.05, 3.63) is 17.0 Å². The first-order valence-electron chi connectivity index (χ1n) is 6.88. The normalized spacial score (nSPS) is 23.3. The third kappa shape index (κ3) is 4.02. The first kappa shape index (κ1) is 15.9. The lowest BCUT2D eigenvalue weighted by Gasteiger charge is -2.12. The molecule has 1 aromatic heterocycles. The minimum Gasteiger partial charge on any atom is -0.381 e. The molecule has 0 amide bonds. The maximum atomic E-state index is 12.3. The number of thiophene rings is 1. The highest BCUT2D eigenvalue weighted by Crippen LogP contribution is 2.25. The summed E-state index contributed by atoms with van der Waals surface area (Å²) in [5, 5.41) is 5.08. The molecule has 1 heterocycles. The molecule has 2 N–H and O–H groups in total. The van der Waals surface area contributed by atoms with Crippen LogP contribution in [0.3, 0.4) is 0 Å². The number of nitrogens with one attached hydrogen (secondary N) is 2. The Balaban J connectivity index is 1.98. The van der Waals surface area contributed by atoms with Crippen LogP contribution in [0.4, 0.5) is 0 Å². The van der Waals surface area contributed by atoms with Crippen molar-refractivity contribution >= 4 is 21.4 Å². The Hall–Kier alpha value is -0.470. The van der Waals surface area contributed by atoms with Gasteiger partial charge in [0.15, 0.2) is 0 Å². The van der Waals surface area contributed by atoms with E-state index in [-0.39, 0.29) is 12.1 Å². The summed E-state index contributed by atoms with van der Waals surface area (Å²) in [6.45, 7) is 3.60. The van der Waals surface area contributed by atoms with E-state index in [2.05, 4.69) is 10.0 Å². The molecule has 20 heavy (non-hydrogen) atoms. The largest absolute Gasteiger partial charge is 0.381 e. The lowest BCUT2D eigenvalue weighted by molar-refractivity contribution is 0.107. The first-order valence-corrected chi connectivity index (χ1v) is 9.24.